The van der Waals surface area contributed by atoms with Crippen LogP contribution in [0, 0.1) is 6.92 Å². The fourth-order valence-electron chi connectivity index (χ4n) is 3.31. The normalized spacial score (nSPS) is 24.3. The molecule has 7 heteroatoms. The van der Waals surface area contributed by atoms with Crippen LogP contribution in [0.25, 0.3) is 0 Å². The standard InChI is InChI=1S/C17H26N4O3/c1-12-9-21(10-14(11-22)24-12)17(23)19-15-5-6-16(18-13(15)2)20-7-3-4-8-20/h5-6,12,14,22H,3-4,7-11H2,1-2H3,(H,19,23)/t12-,14+/m1/s1. The Kier molecular flexibility index (Phi) is 5.20. The van der Waals surface area contributed by atoms with E-state index in [2.05, 4.69) is 15.2 Å². The number of carbonyl (C=O) groups is 1. The SMILES string of the molecule is Cc1nc(N2CCCC2)ccc1NC(=O)N1C[C@@H](CO)O[C@H](C)C1. The Morgan fingerprint density at radius 2 is 2.12 bits per heavy atom. The molecule has 1 aromatic rings. The molecule has 0 bridgehead atoms. The molecule has 3 heterocycles. The van der Waals surface area contributed by atoms with Crippen LogP contribution >= 0.6 is 0 Å². The van der Waals surface area contributed by atoms with Crippen molar-refractivity contribution in [1.29, 1.82) is 0 Å². The summed E-state index contributed by atoms with van der Waals surface area (Å²) in [7, 11) is 0. The van der Waals surface area contributed by atoms with Gasteiger partial charge in [-0.25, -0.2) is 9.78 Å². The topological polar surface area (TPSA) is 77.9 Å². The molecule has 2 fully saturated rings. The Morgan fingerprint density at radius 1 is 1.38 bits per heavy atom. The van der Waals surface area contributed by atoms with Crippen molar-refractivity contribution in [3.63, 3.8) is 0 Å². The first-order valence-corrected chi connectivity index (χ1v) is 8.61. The molecule has 0 unspecified atom stereocenters. The van der Waals surface area contributed by atoms with E-state index < -0.39 is 0 Å². The molecule has 2 aliphatic rings. The summed E-state index contributed by atoms with van der Waals surface area (Å²) >= 11 is 0. The number of morpholine rings is 1. The molecule has 2 N–H and O–H groups in total. The van der Waals surface area contributed by atoms with Gasteiger partial charge in [0.15, 0.2) is 0 Å². The lowest BCUT2D eigenvalue weighted by Crippen LogP contribution is -2.51. The summed E-state index contributed by atoms with van der Waals surface area (Å²) in [5.41, 5.74) is 1.54. The number of hydrogen-bond acceptors (Lipinski definition) is 5. The van der Waals surface area contributed by atoms with Crippen molar-refractivity contribution < 1.29 is 14.6 Å². The molecule has 0 spiro atoms. The molecule has 2 atom stereocenters. The highest BCUT2D eigenvalue weighted by Gasteiger charge is 2.28. The van der Waals surface area contributed by atoms with Gasteiger partial charge in [0.25, 0.3) is 0 Å². The van der Waals surface area contributed by atoms with E-state index in [0.29, 0.717) is 13.1 Å². The maximum atomic E-state index is 12.5. The van der Waals surface area contributed by atoms with Crippen molar-refractivity contribution in [1.82, 2.24) is 9.88 Å². The molecule has 24 heavy (non-hydrogen) atoms. The highest BCUT2D eigenvalue weighted by Crippen LogP contribution is 2.22. The maximum Gasteiger partial charge on any atom is 0.322 e. The molecule has 2 saturated heterocycles. The van der Waals surface area contributed by atoms with Gasteiger partial charge >= 0.3 is 6.03 Å². The van der Waals surface area contributed by atoms with Gasteiger partial charge in [0.05, 0.1) is 36.7 Å². The Balaban J connectivity index is 1.65. The predicted octanol–water partition coefficient (Wildman–Crippen LogP) is 1.60. The first kappa shape index (κ1) is 17.0. The smallest absolute Gasteiger partial charge is 0.322 e. The van der Waals surface area contributed by atoms with Crippen LogP contribution in [0.4, 0.5) is 16.3 Å². The van der Waals surface area contributed by atoms with Crippen LogP contribution in [0.2, 0.25) is 0 Å². The zero-order valence-electron chi connectivity index (χ0n) is 14.4. The summed E-state index contributed by atoms with van der Waals surface area (Å²) in [5.74, 6) is 0.975. The molecular weight excluding hydrogens is 308 g/mol. The van der Waals surface area contributed by atoms with Crippen LogP contribution in [0.15, 0.2) is 12.1 Å². The fourth-order valence-corrected chi connectivity index (χ4v) is 3.31. The van der Waals surface area contributed by atoms with E-state index in [0.717, 1.165) is 30.3 Å². The average Bonchev–Trinajstić information content (AvgIpc) is 3.10. The van der Waals surface area contributed by atoms with Crippen molar-refractivity contribution in [3.8, 4) is 0 Å². The summed E-state index contributed by atoms with van der Waals surface area (Å²) < 4.78 is 5.57. The van der Waals surface area contributed by atoms with Crippen LogP contribution in [0.3, 0.4) is 0 Å². The number of amides is 2. The second-order valence-corrected chi connectivity index (χ2v) is 6.58. The quantitative estimate of drug-likeness (QED) is 0.878. The van der Waals surface area contributed by atoms with E-state index in [9.17, 15) is 9.90 Å². The van der Waals surface area contributed by atoms with Gasteiger partial charge in [-0.1, -0.05) is 0 Å². The maximum absolute atomic E-state index is 12.5. The van der Waals surface area contributed by atoms with Gasteiger partial charge in [-0.2, -0.15) is 0 Å². The minimum atomic E-state index is -0.323. The molecule has 0 radical (unpaired) electrons. The highest BCUT2D eigenvalue weighted by atomic mass is 16.5. The largest absolute Gasteiger partial charge is 0.394 e. The number of carbonyl (C=O) groups excluding carboxylic acids is 1. The van der Waals surface area contributed by atoms with Crippen molar-refractivity contribution >= 4 is 17.5 Å². The second kappa shape index (κ2) is 7.36. The summed E-state index contributed by atoms with van der Waals surface area (Å²) in [6, 6.07) is 3.70. The third kappa shape index (κ3) is 3.79. The summed E-state index contributed by atoms with van der Waals surface area (Å²) in [4.78, 5) is 21.1. The molecule has 0 aromatic carbocycles. The van der Waals surface area contributed by atoms with Crippen LogP contribution < -0.4 is 10.2 Å². The number of aryl methyl sites for hydroxylation is 1. The first-order chi connectivity index (χ1) is 11.6. The zero-order valence-corrected chi connectivity index (χ0v) is 14.4. The number of aliphatic hydroxyl groups excluding tert-OH is 1. The van der Waals surface area contributed by atoms with Gasteiger partial charge in [-0.15, -0.1) is 0 Å². The monoisotopic (exact) mass is 334 g/mol. The lowest BCUT2D eigenvalue weighted by molar-refractivity contribution is -0.0822. The van der Waals surface area contributed by atoms with Gasteiger partial charge in [0.1, 0.15) is 5.82 Å². The number of nitrogens with zero attached hydrogens (tertiary/aromatic N) is 3. The van der Waals surface area contributed by atoms with E-state index in [4.69, 9.17) is 4.74 Å². The van der Waals surface area contributed by atoms with Gasteiger partial charge in [0, 0.05) is 19.6 Å². The number of hydrogen-bond donors (Lipinski definition) is 2. The average molecular weight is 334 g/mol. The number of anilines is 2. The fraction of sp³-hybridized carbons (Fsp3) is 0.647. The second-order valence-electron chi connectivity index (χ2n) is 6.58. The van der Waals surface area contributed by atoms with Crippen molar-refractivity contribution in [2.24, 2.45) is 0 Å². The van der Waals surface area contributed by atoms with Gasteiger partial charge in [-0.05, 0) is 38.8 Å². The summed E-state index contributed by atoms with van der Waals surface area (Å²) in [5, 5.41) is 12.2. The van der Waals surface area contributed by atoms with Gasteiger partial charge < -0.3 is 25.0 Å². The zero-order chi connectivity index (χ0) is 17.1. The molecule has 3 rings (SSSR count). The first-order valence-electron chi connectivity index (χ1n) is 8.61. The van der Waals surface area contributed by atoms with E-state index in [1.807, 2.05) is 26.0 Å². The van der Waals surface area contributed by atoms with E-state index in [-0.39, 0.29) is 24.8 Å². The van der Waals surface area contributed by atoms with Crippen molar-refractivity contribution in [2.75, 3.05) is 43.0 Å². The Hall–Kier alpha value is -1.86. The van der Waals surface area contributed by atoms with Crippen LogP contribution in [0.5, 0.6) is 0 Å². The molecule has 7 nitrogen and oxygen atoms in total. The number of pyridine rings is 1. The number of aliphatic hydroxyl groups is 1. The lowest BCUT2D eigenvalue weighted by atomic mass is 10.2. The van der Waals surface area contributed by atoms with Crippen LogP contribution in [-0.4, -0.2) is 66.0 Å². The number of nitrogens with one attached hydrogen (secondary N) is 1. The number of rotatable bonds is 3. The molecule has 1 aromatic heterocycles. The van der Waals surface area contributed by atoms with Crippen molar-refractivity contribution in [2.45, 2.75) is 38.9 Å². The number of urea groups is 1. The Morgan fingerprint density at radius 3 is 2.79 bits per heavy atom. The Labute approximate surface area is 142 Å². The minimum Gasteiger partial charge on any atom is -0.394 e. The third-order valence-corrected chi connectivity index (χ3v) is 4.56. The van der Waals surface area contributed by atoms with E-state index in [1.165, 1.54) is 12.8 Å². The predicted molar refractivity (Wildman–Crippen MR) is 92.4 cm³/mol. The minimum absolute atomic E-state index is 0.0841. The molecule has 132 valence electrons. The van der Waals surface area contributed by atoms with E-state index in [1.54, 1.807) is 4.90 Å². The lowest BCUT2D eigenvalue weighted by Gasteiger charge is -2.36. The van der Waals surface area contributed by atoms with Crippen LogP contribution in [0.1, 0.15) is 25.5 Å². The molecule has 2 amide bonds. The summed E-state index contributed by atoms with van der Waals surface area (Å²) in [6.45, 7) is 6.73. The van der Waals surface area contributed by atoms with E-state index >= 15 is 0 Å². The molecule has 2 aliphatic heterocycles. The molecule has 0 aliphatic carbocycles. The molecular formula is C17H26N4O3. The van der Waals surface area contributed by atoms with Gasteiger partial charge in [0.2, 0.25) is 0 Å². The Bertz CT molecular complexity index is 589. The molecule has 0 saturated carbocycles. The van der Waals surface area contributed by atoms with Crippen molar-refractivity contribution in [3.05, 3.63) is 17.8 Å². The third-order valence-electron chi connectivity index (χ3n) is 4.56. The number of ether oxygens (including phenoxy) is 1. The number of aromatic nitrogens is 1. The highest BCUT2D eigenvalue weighted by molar-refractivity contribution is 5.90. The summed E-state index contributed by atoms with van der Waals surface area (Å²) in [6.07, 6.45) is 2.01. The van der Waals surface area contributed by atoms with Gasteiger partial charge in [-0.3, -0.25) is 0 Å². The van der Waals surface area contributed by atoms with Crippen LogP contribution in [-0.2, 0) is 4.74 Å².